The van der Waals surface area contributed by atoms with Gasteiger partial charge in [0.2, 0.25) is 0 Å². The van der Waals surface area contributed by atoms with E-state index in [1.165, 1.54) is 0 Å². The number of nitrogens with zero attached hydrogens (tertiary/aromatic N) is 1. The molecule has 0 aromatic carbocycles. The lowest BCUT2D eigenvalue weighted by molar-refractivity contribution is 0.350. The van der Waals surface area contributed by atoms with Crippen LogP contribution in [0.3, 0.4) is 0 Å². The molecule has 14 heavy (non-hydrogen) atoms. The fourth-order valence-corrected chi connectivity index (χ4v) is 1.82. The monoisotopic (exact) mass is 213 g/mol. The van der Waals surface area contributed by atoms with E-state index >= 15 is 0 Å². The van der Waals surface area contributed by atoms with Crippen LogP contribution in [0, 0.1) is 5.41 Å². The van der Waals surface area contributed by atoms with Gasteiger partial charge in [-0.05, 0) is 24.8 Å². The van der Waals surface area contributed by atoms with Crippen LogP contribution < -0.4 is 11.1 Å². The molecule has 0 atom stereocenters. The zero-order valence-corrected chi connectivity index (χ0v) is 9.73. The van der Waals surface area contributed by atoms with Crippen LogP contribution in [-0.2, 0) is 0 Å². The number of thiazole rings is 1. The van der Waals surface area contributed by atoms with Gasteiger partial charge in [-0.25, -0.2) is 4.98 Å². The Morgan fingerprint density at radius 2 is 2.36 bits per heavy atom. The van der Waals surface area contributed by atoms with Crippen LogP contribution in [-0.4, -0.2) is 18.1 Å². The normalized spacial score (nSPS) is 11.6. The minimum absolute atomic E-state index is 0.297. The molecular formula is C10H19N3S. The maximum absolute atomic E-state index is 5.50. The maximum atomic E-state index is 5.50. The number of anilines is 1. The summed E-state index contributed by atoms with van der Waals surface area (Å²) in [6, 6.07) is 0. The quantitative estimate of drug-likeness (QED) is 0.762. The highest BCUT2D eigenvalue weighted by molar-refractivity contribution is 7.13. The van der Waals surface area contributed by atoms with Crippen molar-refractivity contribution in [3.05, 3.63) is 11.6 Å². The molecule has 1 aromatic heterocycles. The number of hydrogen-bond acceptors (Lipinski definition) is 4. The number of aromatic nitrogens is 1. The fraction of sp³-hybridized carbons (Fsp3) is 0.700. The molecule has 1 heterocycles. The summed E-state index contributed by atoms with van der Waals surface area (Å²) in [5, 5.41) is 6.33. The van der Waals surface area contributed by atoms with E-state index in [9.17, 15) is 0 Å². The van der Waals surface area contributed by atoms with E-state index in [1.807, 2.05) is 11.6 Å². The second-order valence-corrected chi connectivity index (χ2v) is 5.14. The average molecular weight is 213 g/mol. The van der Waals surface area contributed by atoms with Crippen LogP contribution in [0.5, 0.6) is 0 Å². The zero-order chi connectivity index (χ0) is 10.4. The minimum Gasteiger partial charge on any atom is -0.361 e. The third kappa shape index (κ3) is 4.07. The summed E-state index contributed by atoms with van der Waals surface area (Å²) in [7, 11) is 0. The molecule has 0 aliphatic rings. The van der Waals surface area contributed by atoms with E-state index in [0.29, 0.717) is 5.41 Å². The van der Waals surface area contributed by atoms with Gasteiger partial charge >= 0.3 is 0 Å². The van der Waals surface area contributed by atoms with Crippen LogP contribution in [0.25, 0.3) is 0 Å². The lowest BCUT2D eigenvalue weighted by atomic mass is 9.88. The second kappa shape index (κ2) is 5.32. The second-order valence-electron chi connectivity index (χ2n) is 4.25. The average Bonchev–Trinajstić information content (AvgIpc) is 2.64. The summed E-state index contributed by atoms with van der Waals surface area (Å²) in [6.07, 6.45) is 4.06. The van der Waals surface area contributed by atoms with Gasteiger partial charge in [-0.3, -0.25) is 0 Å². The van der Waals surface area contributed by atoms with Gasteiger partial charge in [0.25, 0.3) is 0 Å². The Morgan fingerprint density at radius 1 is 1.57 bits per heavy atom. The van der Waals surface area contributed by atoms with E-state index in [-0.39, 0.29) is 0 Å². The lowest BCUT2D eigenvalue weighted by Gasteiger charge is -2.24. The molecule has 0 saturated carbocycles. The van der Waals surface area contributed by atoms with E-state index in [0.717, 1.165) is 31.1 Å². The molecule has 4 heteroatoms. The Kier molecular flexibility index (Phi) is 4.35. The van der Waals surface area contributed by atoms with Gasteiger partial charge in [0, 0.05) is 18.1 Å². The molecule has 0 unspecified atom stereocenters. The Bertz CT molecular complexity index is 244. The smallest absolute Gasteiger partial charge is 0.182 e. The van der Waals surface area contributed by atoms with Crippen molar-refractivity contribution in [2.45, 2.75) is 26.7 Å². The summed E-state index contributed by atoms with van der Waals surface area (Å²) in [5.74, 6) is 0. The van der Waals surface area contributed by atoms with Crippen molar-refractivity contribution >= 4 is 16.5 Å². The molecular weight excluding hydrogens is 194 g/mol. The summed E-state index contributed by atoms with van der Waals surface area (Å²) in [4.78, 5) is 4.18. The first kappa shape index (κ1) is 11.5. The van der Waals surface area contributed by atoms with E-state index < -0.39 is 0 Å². The van der Waals surface area contributed by atoms with Gasteiger partial charge in [-0.15, -0.1) is 11.3 Å². The molecule has 0 amide bonds. The zero-order valence-electron chi connectivity index (χ0n) is 8.92. The lowest BCUT2D eigenvalue weighted by Crippen LogP contribution is -2.23. The van der Waals surface area contributed by atoms with Crippen LogP contribution in [0.4, 0.5) is 5.13 Å². The Balaban J connectivity index is 2.28. The highest BCUT2D eigenvalue weighted by atomic mass is 32.1. The number of hydrogen-bond donors (Lipinski definition) is 2. The first-order valence-corrected chi connectivity index (χ1v) is 5.85. The summed E-state index contributed by atoms with van der Waals surface area (Å²) in [5.41, 5.74) is 5.79. The van der Waals surface area contributed by atoms with Crippen LogP contribution in [0.15, 0.2) is 11.6 Å². The van der Waals surface area contributed by atoms with Gasteiger partial charge in [0.1, 0.15) is 0 Å². The van der Waals surface area contributed by atoms with E-state index in [1.54, 1.807) is 11.3 Å². The van der Waals surface area contributed by atoms with Gasteiger partial charge < -0.3 is 11.1 Å². The van der Waals surface area contributed by atoms with Gasteiger partial charge in [0.15, 0.2) is 5.13 Å². The SMILES string of the molecule is CC(C)(CCCN)CNc1nccs1. The first-order chi connectivity index (χ1) is 6.64. The van der Waals surface area contributed by atoms with Gasteiger partial charge in [0.05, 0.1) is 0 Å². The molecule has 80 valence electrons. The van der Waals surface area contributed by atoms with Crippen molar-refractivity contribution < 1.29 is 0 Å². The van der Waals surface area contributed by atoms with Gasteiger partial charge in [-0.1, -0.05) is 13.8 Å². The standard InChI is InChI=1S/C10H19N3S/c1-10(2,4-3-5-11)8-13-9-12-6-7-14-9/h6-7H,3-5,8,11H2,1-2H3,(H,12,13). The van der Waals surface area contributed by atoms with Crippen LogP contribution in [0.1, 0.15) is 26.7 Å². The predicted octanol–water partition coefficient (Wildman–Crippen LogP) is 2.32. The fourth-order valence-electron chi connectivity index (χ4n) is 1.29. The molecule has 3 nitrogen and oxygen atoms in total. The molecule has 0 aliphatic carbocycles. The molecule has 0 radical (unpaired) electrons. The summed E-state index contributed by atoms with van der Waals surface area (Å²) >= 11 is 1.64. The molecule has 0 spiro atoms. The highest BCUT2D eigenvalue weighted by Crippen LogP contribution is 2.23. The van der Waals surface area contributed by atoms with Crippen molar-refractivity contribution in [3.63, 3.8) is 0 Å². The third-order valence-corrected chi connectivity index (χ3v) is 2.94. The molecule has 0 bridgehead atoms. The summed E-state index contributed by atoms with van der Waals surface area (Å²) < 4.78 is 0. The number of rotatable bonds is 6. The Morgan fingerprint density at radius 3 is 2.93 bits per heavy atom. The maximum Gasteiger partial charge on any atom is 0.182 e. The molecule has 3 N–H and O–H groups in total. The molecule has 1 aromatic rings. The highest BCUT2D eigenvalue weighted by Gasteiger charge is 2.16. The van der Waals surface area contributed by atoms with Crippen molar-refractivity contribution in [1.29, 1.82) is 0 Å². The number of nitrogens with one attached hydrogen (secondary N) is 1. The molecule has 0 fully saturated rings. The van der Waals surface area contributed by atoms with Gasteiger partial charge in [-0.2, -0.15) is 0 Å². The summed E-state index contributed by atoms with van der Waals surface area (Å²) in [6.45, 7) is 6.24. The minimum atomic E-state index is 0.297. The predicted molar refractivity (Wildman–Crippen MR) is 62.7 cm³/mol. The Hall–Kier alpha value is -0.610. The van der Waals surface area contributed by atoms with Crippen molar-refractivity contribution in [1.82, 2.24) is 4.98 Å². The first-order valence-electron chi connectivity index (χ1n) is 4.97. The van der Waals surface area contributed by atoms with E-state index in [4.69, 9.17) is 5.73 Å². The largest absolute Gasteiger partial charge is 0.361 e. The molecule has 0 saturated heterocycles. The van der Waals surface area contributed by atoms with Crippen molar-refractivity contribution in [2.75, 3.05) is 18.4 Å². The van der Waals surface area contributed by atoms with Crippen molar-refractivity contribution in [3.8, 4) is 0 Å². The topological polar surface area (TPSA) is 50.9 Å². The Labute approximate surface area is 89.7 Å². The van der Waals surface area contributed by atoms with Crippen LogP contribution >= 0.6 is 11.3 Å². The molecule has 0 aliphatic heterocycles. The van der Waals surface area contributed by atoms with Crippen molar-refractivity contribution in [2.24, 2.45) is 11.1 Å². The molecule has 1 rings (SSSR count). The van der Waals surface area contributed by atoms with Crippen LogP contribution in [0.2, 0.25) is 0 Å². The number of nitrogens with two attached hydrogens (primary N) is 1. The van der Waals surface area contributed by atoms with E-state index in [2.05, 4.69) is 24.1 Å². The third-order valence-electron chi connectivity index (χ3n) is 2.21.